The van der Waals surface area contributed by atoms with Gasteiger partial charge in [-0.15, -0.1) is 0 Å². The van der Waals surface area contributed by atoms with Gasteiger partial charge < -0.3 is 5.32 Å². The van der Waals surface area contributed by atoms with Crippen LogP contribution in [0.3, 0.4) is 0 Å². The van der Waals surface area contributed by atoms with Gasteiger partial charge in [0.25, 0.3) is 0 Å². The van der Waals surface area contributed by atoms with Gasteiger partial charge in [0.2, 0.25) is 0 Å². The van der Waals surface area contributed by atoms with Gasteiger partial charge in [-0.3, -0.25) is 10.00 Å². The van der Waals surface area contributed by atoms with Crippen LogP contribution in [-0.2, 0) is 6.54 Å². The molecule has 0 saturated carbocycles. The summed E-state index contributed by atoms with van der Waals surface area (Å²) in [4.78, 5) is 2.50. The minimum atomic E-state index is 0.989. The van der Waals surface area contributed by atoms with E-state index in [0.717, 1.165) is 26.2 Å². The smallest absolute Gasteiger partial charge is 0.0703 e. The van der Waals surface area contributed by atoms with Gasteiger partial charge in [0, 0.05) is 36.1 Å². The van der Waals surface area contributed by atoms with E-state index in [9.17, 15) is 0 Å². The van der Waals surface area contributed by atoms with E-state index < -0.39 is 0 Å². The first kappa shape index (κ1) is 11.9. The van der Waals surface area contributed by atoms with E-state index in [1.165, 1.54) is 29.8 Å². The van der Waals surface area contributed by atoms with E-state index in [4.69, 9.17) is 0 Å². The summed E-state index contributed by atoms with van der Waals surface area (Å²) in [7, 11) is 0. The molecule has 0 aliphatic carbocycles. The van der Waals surface area contributed by atoms with Crippen LogP contribution in [0.15, 0.2) is 23.0 Å². The molecule has 4 nitrogen and oxygen atoms in total. The van der Waals surface area contributed by atoms with Crippen molar-refractivity contribution in [2.45, 2.75) is 13.0 Å². The maximum absolute atomic E-state index is 4.20. The van der Waals surface area contributed by atoms with Crippen molar-refractivity contribution in [3.8, 4) is 11.3 Å². The molecule has 2 N–H and O–H groups in total. The van der Waals surface area contributed by atoms with Crippen LogP contribution in [0, 0.1) is 0 Å². The summed E-state index contributed by atoms with van der Waals surface area (Å²) in [6.45, 7) is 5.50. The molecule has 0 radical (unpaired) electrons. The van der Waals surface area contributed by atoms with Crippen molar-refractivity contribution >= 4 is 11.3 Å². The Hall–Kier alpha value is -1.17. The quantitative estimate of drug-likeness (QED) is 0.888. The Morgan fingerprint density at radius 2 is 2.33 bits per heavy atom. The highest BCUT2D eigenvalue weighted by Crippen LogP contribution is 2.24. The van der Waals surface area contributed by atoms with Crippen LogP contribution in [0.2, 0.25) is 0 Å². The molecule has 1 fully saturated rings. The molecule has 0 amide bonds. The monoisotopic (exact) mass is 262 g/mol. The van der Waals surface area contributed by atoms with Gasteiger partial charge in [-0.2, -0.15) is 16.4 Å². The summed E-state index contributed by atoms with van der Waals surface area (Å²) in [6.07, 6.45) is 3.19. The molecule has 0 bridgehead atoms. The van der Waals surface area contributed by atoms with Crippen LogP contribution < -0.4 is 5.32 Å². The topological polar surface area (TPSA) is 44.0 Å². The predicted molar refractivity (Wildman–Crippen MR) is 74.7 cm³/mol. The average molecular weight is 262 g/mol. The van der Waals surface area contributed by atoms with Gasteiger partial charge in [-0.25, -0.2) is 0 Å². The van der Waals surface area contributed by atoms with Crippen molar-refractivity contribution in [3.05, 3.63) is 28.6 Å². The Morgan fingerprint density at radius 3 is 3.22 bits per heavy atom. The van der Waals surface area contributed by atoms with Crippen LogP contribution >= 0.6 is 11.3 Å². The molecule has 1 aliphatic heterocycles. The third-order valence-electron chi connectivity index (χ3n) is 3.35. The minimum absolute atomic E-state index is 0.989. The fourth-order valence-electron chi connectivity index (χ4n) is 2.39. The summed E-state index contributed by atoms with van der Waals surface area (Å²) < 4.78 is 0. The van der Waals surface area contributed by atoms with Crippen LogP contribution in [0.5, 0.6) is 0 Å². The lowest BCUT2D eigenvalue weighted by atomic mass is 10.1. The van der Waals surface area contributed by atoms with Gasteiger partial charge in [0.15, 0.2) is 0 Å². The first-order valence-electron chi connectivity index (χ1n) is 6.41. The maximum Gasteiger partial charge on any atom is 0.0703 e. The van der Waals surface area contributed by atoms with E-state index in [2.05, 4.69) is 37.2 Å². The third kappa shape index (κ3) is 2.63. The van der Waals surface area contributed by atoms with Crippen LogP contribution in [0.1, 0.15) is 12.0 Å². The number of hydrogen-bond donors (Lipinski definition) is 2. The van der Waals surface area contributed by atoms with Crippen LogP contribution in [0.25, 0.3) is 11.3 Å². The van der Waals surface area contributed by atoms with E-state index in [1.807, 2.05) is 6.20 Å². The lowest BCUT2D eigenvalue weighted by Gasteiger charge is -2.19. The predicted octanol–water partition coefficient (Wildman–Crippen LogP) is 1.93. The van der Waals surface area contributed by atoms with Crippen molar-refractivity contribution in [1.29, 1.82) is 0 Å². The molecule has 0 atom stereocenters. The lowest BCUT2D eigenvalue weighted by Crippen LogP contribution is -2.27. The summed E-state index contributed by atoms with van der Waals surface area (Å²) in [5.41, 5.74) is 3.73. The number of rotatable bonds is 3. The lowest BCUT2D eigenvalue weighted by molar-refractivity contribution is 0.285. The summed E-state index contributed by atoms with van der Waals surface area (Å²) in [5.74, 6) is 0. The molecule has 0 spiro atoms. The second-order valence-electron chi connectivity index (χ2n) is 4.66. The molecule has 96 valence electrons. The number of nitrogens with zero attached hydrogens (tertiary/aromatic N) is 2. The van der Waals surface area contributed by atoms with Crippen molar-refractivity contribution in [3.63, 3.8) is 0 Å². The highest BCUT2D eigenvalue weighted by atomic mass is 32.1. The highest BCUT2D eigenvalue weighted by Gasteiger charge is 2.13. The molecular formula is C13H18N4S. The zero-order valence-electron chi connectivity index (χ0n) is 10.4. The fraction of sp³-hybridized carbons (Fsp3) is 0.462. The molecule has 1 saturated heterocycles. The molecule has 2 aromatic rings. The normalized spacial score (nSPS) is 17.8. The van der Waals surface area contributed by atoms with Crippen LogP contribution in [0.4, 0.5) is 0 Å². The summed E-state index contributed by atoms with van der Waals surface area (Å²) in [5, 5.41) is 15.0. The van der Waals surface area contributed by atoms with Crippen molar-refractivity contribution in [2.75, 3.05) is 26.2 Å². The maximum atomic E-state index is 4.20. The number of thiophene rings is 1. The molecule has 3 heterocycles. The van der Waals surface area contributed by atoms with E-state index in [0.29, 0.717) is 0 Å². The summed E-state index contributed by atoms with van der Waals surface area (Å²) in [6, 6.07) is 2.14. The van der Waals surface area contributed by atoms with Gasteiger partial charge in [0.1, 0.15) is 0 Å². The second kappa shape index (κ2) is 5.65. The van der Waals surface area contributed by atoms with E-state index >= 15 is 0 Å². The summed E-state index contributed by atoms with van der Waals surface area (Å²) >= 11 is 1.72. The zero-order chi connectivity index (χ0) is 12.2. The van der Waals surface area contributed by atoms with Crippen molar-refractivity contribution < 1.29 is 0 Å². The number of hydrogen-bond acceptors (Lipinski definition) is 4. The van der Waals surface area contributed by atoms with E-state index in [-0.39, 0.29) is 0 Å². The number of aromatic amines is 1. The molecule has 3 rings (SSSR count). The van der Waals surface area contributed by atoms with Crippen molar-refractivity contribution in [2.24, 2.45) is 0 Å². The van der Waals surface area contributed by atoms with Gasteiger partial charge in [-0.05, 0) is 31.0 Å². The zero-order valence-corrected chi connectivity index (χ0v) is 11.2. The number of H-pyrrole nitrogens is 1. The highest BCUT2D eigenvalue weighted by molar-refractivity contribution is 7.08. The molecule has 18 heavy (non-hydrogen) atoms. The molecular weight excluding hydrogens is 244 g/mol. The standard InChI is InChI=1S/C13H18N4S/c1-3-14-4-6-17(5-1)9-12-8-15-16-13(12)11-2-7-18-10-11/h2,7-8,10,14H,1,3-6,9H2,(H,15,16). The Labute approximate surface area is 111 Å². The Morgan fingerprint density at radius 1 is 1.33 bits per heavy atom. The average Bonchev–Trinajstić information content (AvgIpc) is 2.97. The SMILES string of the molecule is c1cc(-c2[nH]ncc2CN2CCCNCC2)cs1. The van der Waals surface area contributed by atoms with Crippen LogP contribution in [-0.4, -0.2) is 41.3 Å². The minimum Gasteiger partial charge on any atom is -0.315 e. The van der Waals surface area contributed by atoms with Gasteiger partial charge in [0.05, 0.1) is 11.9 Å². The molecule has 2 aromatic heterocycles. The Balaban J connectivity index is 1.74. The van der Waals surface area contributed by atoms with Gasteiger partial charge >= 0.3 is 0 Å². The molecule has 5 heteroatoms. The first-order chi connectivity index (χ1) is 8.93. The second-order valence-corrected chi connectivity index (χ2v) is 5.44. The first-order valence-corrected chi connectivity index (χ1v) is 7.35. The number of nitrogens with one attached hydrogen (secondary N) is 2. The molecule has 1 aliphatic rings. The third-order valence-corrected chi connectivity index (χ3v) is 4.04. The number of aromatic nitrogens is 2. The molecule has 0 unspecified atom stereocenters. The molecule has 0 aromatic carbocycles. The largest absolute Gasteiger partial charge is 0.315 e. The Bertz CT molecular complexity index is 469. The van der Waals surface area contributed by atoms with E-state index in [1.54, 1.807) is 11.3 Å². The van der Waals surface area contributed by atoms with Crippen molar-refractivity contribution in [1.82, 2.24) is 20.4 Å². The Kier molecular flexibility index (Phi) is 3.73. The fourth-order valence-corrected chi connectivity index (χ4v) is 3.04. The van der Waals surface area contributed by atoms with Gasteiger partial charge in [-0.1, -0.05) is 0 Å².